The van der Waals surface area contributed by atoms with Crippen LogP contribution in [0.3, 0.4) is 0 Å². The van der Waals surface area contributed by atoms with E-state index >= 15 is 0 Å². The smallest absolute Gasteiger partial charge is 0.276 e. The Bertz CT molecular complexity index is 811. The summed E-state index contributed by atoms with van der Waals surface area (Å²) in [6.07, 6.45) is 3.69. The first-order valence-corrected chi connectivity index (χ1v) is 8.50. The molecule has 0 aliphatic carbocycles. The Hall–Kier alpha value is -2.60. The molecule has 3 heterocycles. The van der Waals surface area contributed by atoms with E-state index in [9.17, 15) is 4.39 Å². The van der Waals surface area contributed by atoms with E-state index in [2.05, 4.69) is 20.0 Å². The van der Waals surface area contributed by atoms with Crippen molar-refractivity contribution in [2.75, 3.05) is 13.1 Å². The lowest BCUT2D eigenvalue weighted by Gasteiger charge is -2.30. The van der Waals surface area contributed by atoms with E-state index in [0.717, 1.165) is 43.9 Å². The standard InChI is InChI=1S/C19H19FN4O/c20-16-6-4-14(5-7-16)13-24-11-8-15(9-12-24)18-22-19(25-23-18)17-3-1-2-10-21-17/h1-7,10,15H,8-9,11-13H2. The lowest BCUT2D eigenvalue weighted by molar-refractivity contribution is 0.200. The maximum absolute atomic E-state index is 13.0. The highest BCUT2D eigenvalue weighted by molar-refractivity contribution is 5.45. The summed E-state index contributed by atoms with van der Waals surface area (Å²) in [6, 6.07) is 12.3. The molecule has 1 fully saturated rings. The molecule has 0 amide bonds. The van der Waals surface area contributed by atoms with Crippen LogP contribution in [-0.4, -0.2) is 33.1 Å². The molecule has 1 aromatic carbocycles. The average Bonchev–Trinajstić information content (AvgIpc) is 3.15. The minimum absolute atomic E-state index is 0.191. The van der Waals surface area contributed by atoms with E-state index in [1.165, 1.54) is 12.1 Å². The van der Waals surface area contributed by atoms with Crippen molar-refractivity contribution < 1.29 is 8.91 Å². The maximum atomic E-state index is 13.0. The van der Waals surface area contributed by atoms with Crippen molar-refractivity contribution in [1.82, 2.24) is 20.0 Å². The van der Waals surface area contributed by atoms with E-state index < -0.39 is 0 Å². The number of hydrogen-bond donors (Lipinski definition) is 0. The van der Waals surface area contributed by atoms with Crippen molar-refractivity contribution in [2.24, 2.45) is 0 Å². The van der Waals surface area contributed by atoms with Crippen LogP contribution in [0, 0.1) is 5.82 Å². The van der Waals surface area contributed by atoms with Gasteiger partial charge in [-0.05, 0) is 55.8 Å². The molecule has 3 aromatic rings. The van der Waals surface area contributed by atoms with Crippen LogP contribution >= 0.6 is 0 Å². The second-order valence-electron chi connectivity index (χ2n) is 6.35. The molecule has 128 valence electrons. The van der Waals surface area contributed by atoms with E-state index in [1.54, 1.807) is 6.20 Å². The molecule has 0 N–H and O–H groups in total. The lowest BCUT2D eigenvalue weighted by atomic mass is 9.96. The minimum Gasteiger partial charge on any atom is -0.332 e. The molecule has 2 aromatic heterocycles. The molecular weight excluding hydrogens is 319 g/mol. The summed E-state index contributed by atoms with van der Waals surface area (Å²) in [5, 5.41) is 4.15. The van der Waals surface area contributed by atoms with Crippen LogP contribution in [0.5, 0.6) is 0 Å². The van der Waals surface area contributed by atoms with E-state index in [-0.39, 0.29) is 5.82 Å². The summed E-state index contributed by atoms with van der Waals surface area (Å²) in [6.45, 7) is 2.78. The molecule has 6 heteroatoms. The van der Waals surface area contributed by atoms with Crippen molar-refractivity contribution in [3.8, 4) is 11.6 Å². The van der Waals surface area contributed by atoms with E-state index in [4.69, 9.17) is 4.52 Å². The van der Waals surface area contributed by atoms with Gasteiger partial charge in [-0.25, -0.2) is 4.39 Å². The first-order valence-electron chi connectivity index (χ1n) is 8.50. The summed E-state index contributed by atoms with van der Waals surface area (Å²) in [5.74, 6) is 1.36. The number of halogens is 1. The summed E-state index contributed by atoms with van der Waals surface area (Å²) in [4.78, 5) is 11.1. The van der Waals surface area contributed by atoms with Gasteiger partial charge in [-0.15, -0.1) is 0 Å². The highest BCUT2D eigenvalue weighted by atomic mass is 19.1. The molecule has 1 aliphatic rings. The Morgan fingerprint density at radius 3 is 2.60 bits per heavy atom. The van der Waals surface area contributed by atoms with Crippen LogP contribution in [0.4, 0.5) is 4.39 Å². The number of hydrogen-bond acceptors (Lipinski definition) is 5. The summed E-state index contributed by atoms with van der Waals surface area (Å²) < 4.78 is 18.4. The summed E-state index contributed by atoms with van der Waals surface area (Å²) in [7, 11) is 0. The van der Waals surface area contributed by atoms with Gasteiger partial charge in [-0.1, -0.05) is 23.4 Å². The Morgan fingerprint density at radius 1 is 1.08 bits per heavy atom. The normalized spacial score (nSPS) is 16.2. The van der Waals surface area contributed by atoms with Gasteiger partial charge in [0.15, 0.2) is 5.82 Å². The Labute approximate surface area is 145 Å². The third-order valence-corrected chi connectivity index (χ3v) is 4.60. The minimum atomic E-state index is -0.191. The lowest BCUT2D eigenvalue weighted by Crippen LogP contribution is -2.32. The van der Waals surface area contributed by atoms with Crippen molar-refractivity contribution >= 4 is 0 Å². The predicted octanol–water partition coefficient (Wildman–Crippen LogP) is 3.65. The molecule has 0 atom stereocenters. The molecule has 0 spiro atoms. The van der Waals surface area contributed by atoms with Crippen molar-refractivity contribution in [3.63, 3.8) is 0 Å². The van der Waals surface area contributed by atoms with Crippen LogP contribution in [0.1, 0.15) is 30.1 Å². The van der Waals surface area contributed by atoms with Crippen molar-refractivity contribution in [1.29, 1.82) is 0 Å². The third-order valence-electron chi connectivity index (χ3n) is 4.60. The quantitative estimate of drug-likeness (QED) is 0.727. The zero-order chi connectivity index (χ0) is 17.1. The van der Waals surface area contributed by atoms with Crippen LogP contribution in [0.25, 0.3) is 11.6 Å². The summed E-state index contributed by atoms with van der Waals surface area (Å²) in [5.41, 5.74) is 1.84. The Morgan fingerprint density at radius 2 is 1.88 bits per heavy atom. The molecule has 0 unspecified atom stereocenters. The van der Waals surface area contributed by atoms with E-state index in [0.29, 0.717) is 17.5 Å². The highest BCUT2D eigenvalue weighted by Crippen LogP contribution is 2.28. The average molecular weight is 338 g/mol. The van der Waals surface area contributed by atoms with Gasteiger partial charge in [0.1, 0.15) is 11.5 Å². The van der Waals surface area contributed by atoms with Crippen molar-refractivity contribution in [2.45, 2.75) is 25.3 Å². The first kappa shape index (κ1) is 15.9. The topological polar surface area (TPSA) is 55.1 Å². The van der Waals surface area contributed by atoms with E-state index in [1.807, 2.05) is 30.3 Å². The molecule has 0 radical (unpaired) electrons. The van der Waals surface area contributed by atoms with Gasteiger partial charge in [0.2, 0.25) is 0 Å². The number of nitrogens with zero attached hydrogens (tertiary/aromatic N) is 4. The first-order chi connectivity index (χ1) is 12.3. The van der Waals surface area contributed by atoms with Gasteiger partial charge in [-0.3, -0.25) is 9.88 Å². The number of likely N-dealkylation sites (tertiary alicyclic amines) is 1. The van der Waals surface area contributed by atoms with Crippen LogP contribution in [0.2, 0.25) is 0 Å². The van der Waals surface area contributed by atoms with Crippen LogP contribution < -0.4 is 0 Å². The zero-order valence-electron chi connectivity index (χ0n) is 13.8. The van der Waals surface area contributed by atoms with Gasteiger partial charge >= 0.3 is 0 Å². The molecule has 5 nitrogen and oxygen atoms in total. The second kappa shape index (κ2) is 7.11. The maximum Gasteiger partial charge on any atom is 0.276 e. The second-order valence-corrected chi connectivity index (χ2v) is 6.35. The number of aromatic nitrogens is 3. The SMILES string of the molecule is Fc1ccc(CN2CCC(c3noc(-c4ccccn4)n3)CC2)cc1. The molecule has 0 saturated carbocycles. The Kier molecular flexibility index (Phi) is 4.52. The van der Waals surface area contributed by atoms with Gasteiger partial charge in [0, 0.05) is 18.7 Å². The van der Waals surface area contributed by atoms with Gasteiger partial charge in [0.25, 0.3) is 5.89 Å². The fraction of sp³-hybridized carbons (Fsp3) is 0.316. The third kappa shape index (κ3) is 3.74. The van der Waals surface area contributed by atoms with Gasteiger partial charge in [0.05, 0.1) is 0 Å². The molecule has 4 rings (SSSR count). The highest BCUT2D eigenvalue weighted by Gasteiger charge is 2.25. The molecular formula is C19H19FN4O. The van der Waals surface area contributed by atoms with Crippen molar-refractivity contribution in [3.05, 3.63) is 65.9 Å². The molecule has 25 heavy (non-hydrogen) atoms. The number of piperidine rings is 1. The van der Waals surface area contributed by atoms with Gasteiger partial charge in [-0.2, -0.15) is 4.98 Å². The van der Waals surface area contributed by atoms with Crippen LogP contribution in [-0.2, 0) is 6.54 Å². The monoisotopic (exact) mass is 338 g/mol. The van der Waals surface area contributed by atoms with Gasteiger partial charge < -0.3 is 4.52 Å². The largest absolute Gasteiger partial charge is 0.332 e. The number of pyridine rings is 1. The zero-order valence-corrected chi connectivity index (χ0v) is 13.8. The molecule has 1 aliphatic heterocycles. The molecule has 1 saturated heterocycles. The molecule has 0 bridgehead atoms. The number of rotatable bonds is 4. The number of benzene rings is 1. The predicted molar refractivity (Wildman–Crippen MR) is 91.2 cm³/mol. The summed E-state index contributed by atoms with van der Waals surface area (Å²) >= 11 is 0. The fourth-order valence-corrected chi connectivity index (χ4v) is 3.19. The fourth-order valence-electron chi connectivity index (χ4n) is 3.19. The Balaban J connectivity index is 1.36. The van der Waals surface area contributed by atoms with Crippen LogP contribution in [0.15, 0.2) is 53.2 Å².